The van der Waals surface area contributed by atoms with Crippen LogP contribution in [0.15, 0.2) is 65.8 Å². The molecule has 0 saturated carbocycles. The molecular weight excluding hydrogens is 415 g/mol. The van der Waals surface area contributed by atoms with E-state index in [1.54, 1.807) is 42.1 Å². The molecule has 1 aromatic heterocycles. The van der Waals surface area contributed by atoms with Crippen LogP contribution in [0.1, 0.15) is 17.4 Å². The van der Waals surface area contributed by atoms with E-state index >= 15 is 0 Å². The van der Waals surface area contributed by atoms with Crippen LogP contribution in [-0.4, -0.2) is 23.5 Å². The Morgan fingerprint density at radius 3 is 2.32 bits per heavy atom. The van der Waals surface area contributed by atoms with Crippen LogP contribution in [0.4, 0.5) is 18.9 Å². The third-order valence-corrected chi connectivity index (χ3v) is 5.90. The normalized spacial score (nSPS) is 13.3. The van der Waals surface area contributed by atoms with E-state index < -0.39 is 26.3 Å². The molecule has 28 heavy (non-hydrogen) atoms. The fourth-order valence-corrected chi connectivity index (χ4v) is 3.76. The lowest BCUT2D eigenvalue weighted by Crippen LogP contribution is -2.25. The predicted octanol–water partition coefficient (Wildman–Crippen LogP) is 4.57. The summed E-state index contributed by atoms with van der Waals surface area (Å²) in [6.07, 6.45) is 3.22. The number of halogens is 4. The van der Waals surface area contributed by atoms with Crippen LogP contribution in [0.2, 0.25) is 5.02 Å². The molecule has 2 aromatic carbocycles. The zero-order valence-electron chi connectivity index (χ0n) is 14.5. The molecule has 0 fully saturated rings. The van der Waals surface area contributed by atoms with Crippen molar-refractivity contribution in [3.63, 3.8) is 0 Å². The molecule has 5 nitrogen and oxygen atoms in total. The van der Waals surface area contributed by atoms with Crippen LogP contribution in [0.5, 0.6) is 0 Å². The average Bonchev–Trinajstić information content (AvgIpc) is 3.05. The van der Waals surface area contributed by atoms with Gasteiger partial charge in [0.1, 0.15) is 11.9 Å². The molecule has 0 aliphatic heterocycles. The van der Waals surface area contributed by atoms with Crippen LogP contribution < -0.4 is 5.32 Å². The Bertz CT molecular complexity index is 1080. The van der Waals surface area contributed by atoms with Crippen molar-refractivity contribution < 1.29 is 21.6 Å². The summed E-state index contributed by atoms with van der Waals surface area (Å²) in [6, 6.07) is 10.8. The van der Waals surface area contributed by atoms with Crippen molar-refractivity contribution in [2.45, 2.75) is 16.4 Å². The number of nitrogens with one attached hydrogen (secondary N) is 1. The summed E-state index contributed by atoms with van der Waals surface area (Å²) in [6.45, 7) is 0. The standard InChI is InChI=1S/C18H15ClF3N3O2S/c1-25-11-10-23-17(25)16(12-6-8-13(19)9-7-12)24-14-4-2-3-5-15(14)28(26,27)18(20,21)22/h2-11,16,24H,1H3. The van der Waals surface area contributed by atoms with E-state index in [-0.39, 0.29) is 5.69 Å². The van der Waals surface area contributed by atoms with E-state index in [9.17, 15) is 21.6 Å². The van der Waals surface area contributed by atoms with Crippen molar-refractivity contribution in [3.05, 3.63) is 77.3 Å². The van der Waals surface area contributed by atoms with Crippen molar-refractivity contribution in [2.75, 3.05) is 5.32 Å². The Kier molecular flexibility index (Phi) is 5.40. The molecule has 0 bridgehead atoms. The summed E-state index contributed by atoms with van der Waals surface area (Å²) < 4.78 is 64.9. The first-order valence-corrected chi connectivity index (χ1v) is 9.87. The van der Waals surface area contributed by atoms with Gasteiger partial charge < -0.3 is 9.88 Å². The van der Waals surface area contributed by atoms with Crippen molar-refractivity contribution >= 4 is 27.1 Å². The number of para-hydroxylation sites is 1. The molecule has 10 heteroatoms. The third-order valence-electron chi connectivity index (χ3n) is 4.10. The lowest BCUT2D eigenvalue weighted by molar-refractivity contribution is -0.0435. The van der Waals surface area contributed by atoms with Gasteiger partial charge in [-0.3, -0.25) is 0 Å². The van der Waals surface area contributed by atoms with Gasteiger partial charge in [-0.25, -0.2) is 13.4 Å². The Labute approximate surface area is 164 Å². The molecule has 0 spiro atoms. The minimum Gasteiger partial charge on any atom is -0.370 e. The van der Waals surface area contributed by atoms with Crippen LogP contribution in [0, 0.1) is 0 Å². The number of imidazole rings is 1. The molecular formula is C18H15ClF3N3O2S. The lowest BCUT2D eigenvalue weighted by atomic mass is 10.1. The van der Waals surface area contributed by atoms with Crippen LogP contribution in [0.3, 0.4) is 0 Å². The van der Waals surface area contributed by atoms with E-state index in [0.29, 0.717) is 16.4 Å². The molecule has 0 amide bonds. The minimum atomic E-state index is -5.53. The second-order valence-electron chi connectivity index (χ2n) is 5.97. The van der Waals surface area contributed by atoms with Crippen molar-refractivity contribution in [1.29, 1.82) is 0 Å². The third kappa shape index (κ3) is 3.85. The van der Waals surface area contributed by atoms with Crippen molar-refractivity contribution in [1.82, 2.24) is 9.55 Å². The molecule has 0 saturated heterocycles. The number of hydrogen-bond donors (Lipinski definition) is 1. The van der Waals surface area contributed by atoms with Crippen LogP contribution in [-0.2, 0) is 16.9 Å². The van der Waals surface area contributed by atoms with E-state index in [4.69, 9.17) is 11.6 Å². The zero-order chi connectivity index (χ0) is 20.5. The summed E-state index contributed by atoms with van der Waals surface area (Å²) in [5, 5.41) is 3.39. The highest BCUT2D eigenvalue weighted by Crippen LogP contribution is 2.36. The minimum absolute atomic E-state index is 0.178. The molecule has 1 atom stereocenters. The molecule has 1 N–H and O–H groups in total. The quantitative estimate of drug-likeness (QED) is 0.645. The first-order chi connectivity index (χ1) is 13.1. The Hall–Kier alpha value is -2.52. The number of aromatic nitrogens is 2. The fraction of sp³-hybridized carbons (Fsp3) is 0.167. The Morgan fingerprint density at radius 2 is 1.75 bits per heavy atom. The van der Waals surface area contributed by atoms with E-state index in [0.717, 1.165) is 6.07 Å². The number of anilines is 1. The second-order valence-corrected chi connectivity index (χ2v) is 8.32. The van der Waals surface area contributed by atoms with E-state index in [1.807, 2.05) is 0 Å². The lowest BCUT2D eigenvalue weighted by Gasteiger charge is -2.22. The maximum atomic E-state index is 13.1. The molecule has 1 unspecified atom stereocenters. The van der Waals surface area contributed by atoms with Gasteiger partial charge in [0.25, 0.3) is 9.84 Å². The van der Waals surface area contributed by atoms with E-state index in [1.165, 1.54) is 24.4 Å². The smallest absolute Gasteiger partial charge is 0.370 e. The number of alkyl halides is 3. The van der Waals surface area contributed by atoms with Gasteiger partial charge in [-0.1, -0.05) is 35.9 Å². The summed E-state index contributed by atoms with van der Waals surface area (Å²) in [7, 11) is -3.80. The molecule has 0 aliphatic carbocycles. The van der Waals surface area contributed by atoms with E-state index in [2.05, 4.69) is 10.3 Å². The molecule has 3 rings (SSSR count). The van der Waals surface area contributed by atoms with Crippen LogP contribution in [0.25, 0.3) is 0 Å². The summed E-state index contributed by atoms with van der Waals surface area (Å²) in [5.41, 5.74) is -4.94. The highest BCUT2D eigenvalue weighted by molar-refractivity contribution is 7.92. The van der Waals surface area contributed by atoms with Gasteiger partial charge >= 0.3 is 5.51 Å². The maximum Gasteiger partial charge on any atom is 0.501 e. The summed E-state index contributed by atoms with van der Waals surface area (Å²) >= 11 is 5.92. The fourth-order valence-electron chi connectivity index (χ4n) is 2.71. The zero-order valence-corrected chi connectivity index (χ0v) is 16.1. The molecule has 1 heterocycles. The largest absolute Gasteiger partial charge is 0.501 e. The number of aryl methyl sites for hydroxylation is 1. The SMILES string of the molecule is Cn1ccnc1C(Nc1ccccc1S(=O)(=O)C(F)(F)F)c1ccc(Cl)cc1. The van der Waals surface area contributed by atoms with Gasteiger partial charge in [-0.15, -0.1) is 0 Å². The highest BCUT2D eigenvalue weighted by atomic mass is 35.5. The van der Waals surface area contributed by atoms with Gasteiger partial charge in [0.2, 0.25) is 0 Å². The van der Waals surface area contributed by atoms with Gasteiger partial charge in [0.05, 0.1) is 10.6 Å². The second kappa shape index (κ2) is 7.48. The van der Waals surface area contributed by atoms with Crippen LogP contribution >= 0.6 is 11.6 Å². The maximum absolute atomic E-state index is 13.1. The number of nitrogens with zero attached hydrogens (tertiary/aromatic N) is 2. The molecule has 148 valence electrons. The molecule has 3 aromatic rings. The molecule has 0 aliphatic rings. The predicted molar refractivity (Wildman–Crippen MR) is 99.8 cm³/mol. The summed E-state index contributed by atoms with van der Waals surface area (Å²) in [4.78, 5) is 3.40. The average molecular weight is 430 g/mol. The summed E-state index contributed by atoms with van der Waals surface area (Å²) in [5.74, 6) is 0.488. The number of sulfone groups is 1. The Balaban J connectivity index is 2.11. The number of rotatable bonds is 5. The monoisotopic (exact) mass is 429 g/mol. The number of benzene rings is 2. The number of hydrogen-bond acceptors (Lipinski definition) is 4. The first-order valence-electron chi connectivity index (χ1n) is 8.01. The Morgan fingerprint density at radius 1 is 1.11 bits per heavy atom. The van der Waals surface area contributed by atoms with Gasteiger partial charge in [0, 0.05) is 24.5 Å². The van der Waals surface area contributed by atoms with Gasteiger partial charge in [-0.05, 0) is 29.8 Å². The molecule has 0 radical (unpaired) electrons. The van der Waals surface area contributed by atoms with Gasteiger partial charge in [-0.2, -0.15) is 13.2 Å². The van der Waals surface area contributed by atoms with Gasteiger partial charge in [0.15, 0.2) is 0 Å². The first kappa shape index (κ1) is 20.2. The highest BCUT2D eigenvalue weighted by Gasteiger charge is 2.48. The van der Waals surface area contributed by atoms with Crippen molar-refractivity contribution in [2.24, 2.45) is 7.05 Å². The topological polar surface area (TPSA) is 64.0 Å². The van der Waals surface area contributed by atoms with Crippen molar-refractivity contribution in [3.8, 4) is 0 Å².